The summed E-state index contributed by atoms with van der Waals surface area (Å²) < 4.78 is 99.0. The summed E-state index contributed by atoms with van der Waals surface area (Å²) in [4.78, 5) is 24.8. The number of aliphatic carboxylic acids is 1. The maximum atomic E-state index is 13.8. The third-order valence-electron chi connectivity index (χ3n) is 31.8. The summed E-state index contributed by atoms with van der Waals surface area (Å²) in [7, 11) is 0. The van der Waals surface area contributed by atoms with Crippen molar-refractivity contribution in [1.82, 2.24) is 0 Å². The maximum absolute atomic E-state index is 13.8. The Morgan fingerprint density at radius 1 is 0.360 bits per heavy atom. The lowest BCUT2D eigenvalue weighted by Crippen LogP contribution is -2.69. The van der Waals surface area contributed by atoms with E-state index in [1.165, 1.54) is 44.9 Å². The number of ether oxygens (including phenoxy) is 17. The molecule has 0 aromatic heterocycles. The van der Waals surface area contributed by atoms with Crippen LogP contribution in [0.15, 0.2) is 54.6 Å². The Bertz CT molecular complexity index is 4510. The minimum atomic E-state index is -2.32. The molecule has 30 saturated heterocycles. The number of carbonyl (C=O) groups is 2. The number of fused-ring (bicyclic) bond motifs is 5. The highest BCUT2D eigenvalue weighted by Gasteiger charge is 2.64. The lowest BCUT2D eigenvalue weighted by Gasteiger charge is -2.61. The van der Waals surface area contributed by atoms with E-state index in [1.807, 2.05) is 54.6 Å². The van der Waals surface area contributed by atoms with E-state index in [2.05, 4.69) is 20.8 Å². The molecule has 30 heterocycles. The monoisotopic (exact) mass is 1940 g/mol. The second-order valence-corrected chi connectivity index (χ2v) is 39.6. The van der Waals surface area contributed by atoms with Gasteiger partial charge in [-0.25, -0.2) is 0 Å². The van der Waals surface area contributed by atoms with Gasteiger partial charge in [0.2, 0.25) is 0 Å². The average Bonchev–Trinajstić information content (AvgIpc) is 1.52. The van der Waals surface area contributed by atoms with Gasteiger partial charge in [-0.05, 0) is 161 Å². The van der Waals surface area contributed by atoms with Gasteiger partial charge in [0.1, 0.15) is 202 Å². The smallest absolute Gasteiger partial charge is 0.305 e. The minimum absolute atomic E-state index is 0.0561. The van der Waals surface area contributed by atoms with Gasteiger partial charge in [0.25, 0.3) is 0 Å². The fraction of sp³-hybridized carbons (Fsp3) is 0.804. The van der Waals surface area contributed by atoms with Crippen molar-refractivity contribution >= 4 is 44.3 Å². The molecule has 38 rings (SSSR count). The van der Waals surface area contributed by atoms with Gasteiger partial charge in [0.05, 0.1) is 52.4 Å². The third-order valence-corrected chi connectivity index (χ3v) is 31.8. The molecule has 44 nitrogen and oxygen atoms in total. The largest absolute Gasteiger partial charge is 0.481 e. The first-order valence-electron chi connectivity index (χ1n) is 47.4. The summed E-state index contributed by atoms with van der Waals surface area (Å²) in [6, 6.07) is 18.0. The fourth-order valence-corrected chi connectivity index (χ4v) is 24.3. The van der Waals surface area contributed by atoms with Crippen LogP contribution in [-0.4, -0.2) is 444 Å². The van der Waals surface area contributed by atoms with Gasteiger partial charge < -0.3 is 208 Å². The van der Waals surface area contributed by atoms with Gasteiger partial charge in [-0.3, -0.25) is 9.59 Å². The van der Waals surface area contributed by atoms with Crippen molar-refractivity contribution in [2.45, 2.75) is 362 Å². The summed E-state index contributed by atoms with van der Waals surface area (Å²) in [5.74, 6) is 3.08. The number of esters is 1. The second-order valence-electron chi connectivity index (χ2n) is 39.6. The van der Waals surface area contributed by atoms with E-state index in [0.29, 0.717) is 35.5 Å². The van der Waals surface area contributed by atoms with Gasteiger partial charge in [0.15, 0.2) is 50.3 Å². The molecule has 34 fully saturated rings. The molecule has 4 aromatic carbocycles. The molecule has 25 N–H and O–H groups in total. The SMILES string of the molecule is CC(CCC(=O)O)[C@H]1CCC2C3CC[C@@H]4C[C@H](O)CC[C@]4(C)C3CC[C@@]21C.O=C(CCCc1ccc2ccc3cccc4ccc1c2c34)OC[C@H]1O[C@@H]2O[C@H]3[C@H](O)[C@@H](O)[C@@H](O[C@H]4[C@H](O)[C@@H](O)[C@@H](O[C@H]5[C@H](O)[C@@H](O)[C@@H](O[C@H]6[C@H](O)[C@@H](O)[C@@H](O[C@H]7[C@H](O)[C@@H](O)[C@@H](O[C@H]8[C@H](O)[C@@H](O)[C@@H](O[C@H]9[C@H](O)[C@@H](O)[C@@H](O[C@H]1[C@H](O)[C@H]2O)O[C@@H]9CO)O[C@@H]8CO)O[C@@H]7CO)O[C@@H]6CO)O[C@@H]5CO)O[C@@H]4CO)O[C@@H]3CO. The molecule has 49 atom stereocenters. The molecule has 4 aliphatic carbocycles. The number of aliphatic hydroxyl groups is 24. The Morgan fingerprint density at radius 2 is 0.684 bits per heavy atom. The number of benzene rings is 4. The predicted octanol–water partition coefficient (Wildman–Crippen LogP) is -6.43. The lowest BCUT2D eigenvalue weighted by atomic mass is 9.44. The van der Waals surface area contributed by atoms with E-state index in [1.54, 1.807) is 0 Å². The van der Waals surface area contributed by atoms with Crippen molar-refractivity contribution in [2.75, 3.05) is 52.9 Å². The first kappa shape index (κ1) is 104. The lowest BCUT2D eigenvalue weighted by molar-refractivity contribution is -0.404. The molecule has 4 saturated carbocycles. The highest BCUT2D eigenvalue weighted by Crippen LogP contribution is 2.69. The Balaban J connectivity index is 0.000000423. The normalized spacial score (nSPS) is 47.7. The highest BCUT2D eigenvalue weighted by molar-refractivity contribution is 6.23. The van der Waals surface area contributed by atoms with Crippen LogP contribution in [0.2, 0.25) is 0 Å². The zero-order valence-corrected chi connectivity index (χ0v) is 75.3. The molecule has 30 aliphatic heterocycles. The van der Waals surface area contributed by atoms with Crippen molar-refractivity contribution < 1.29 is 218 Å². The zero-order valence-electron chi connectivity index (χ0n) is 75.3. The van der Waals surface area contributed by atoms with E-state index in [-0.39, 0.29) is 18.9 Å². The van der Waals surface area contributed by atoms with Crippen LogP contribution in [0, 0.1) is 46.3 Å². The standard InChI is InChI=1S/C68H94O41.C24H40O3/c69-13-26-53-37(77)45(85)61(94-26)103-54-27(14-70)96-63(47(87)39(54)79)105-56-29(16-72)98-65(49(89)41(56)81)107-58-31(18-74)100-67(51(91)43(58)83)109-60-33(20-93-34(76)6-2-3-21-7-8-24-10-9-22-4-1-5-23-11-12-25(21)36(24)35(22)23)101-68(52(92)44(60)84)108-59-32(19-75)99-66(50(90)42(59)82)106-57-30(17-73)97-64(48(88)40(57)80)104-55-28(15-71)95-62(102-53)46(86)38(55)78;1-15(4-9-22(26)27)19-7-8-20-18-6-5-16-14-17(25)10-12-23(16,2)21(18)11-13-24(19,20)3/h1,4-5,7-12,26-33,37-75,77-92H,2-3,6,13-20H2;15-21,25H,4-14H2,1-3H3,(H,26,27)/t26-,27-,28-,29-,30-,31-,32-,33-,37-,38-,39-,40-,41-,42-,43-,44-,45-,46-,47-,48-,49-,50-,51-,52-,53-,54-,55-,56-,57-,58-,59-,60-,61-,62-,63-,64-,65-,66-,67-,68-;15?,16-,17-,18?,19-,20?,21?,23+,24-/m11/s1. The first-order valence-corrected chi connectivity index (χ1v) is 47.4. The van der Waals surface area contributed by atoms with Crippen LogP contribution in [0.5, 0.6) is 0 Å². The number of carbonyl (C=O) groups excluding carboxylic acids is 1. The van der Waals surface area contributed by atoms with Gasteiger partial charge in [-0.15, -0.1) is 0 Å². The Kier molecular flexibility index (Phi) is 33.4. The van der Waals surface area contributed by atoms with E-state index in [9.17, 15) is 132 Å². The maximum Gasteiger partial charge on any atom is 0.305 e. The van der Waals surface area contributed by atoms with Crippen LogP contribution in [0.25, 0.3) is 32.3 Å². The highest BCUT2D eigenvalue weighted by atomic mass is 16.8. The average molecular weight is 1940 g/mol. The summed E-state index contributed by atoms with van der Waals surface area (Å²) in [5, 5.41) is 286. The van der Waals surface area contributed by atoms with Gasteiger partial charge in [0, 0.05) is 12.8 Å². The number of carboxylic acid groups (broad SMARTS) is 1. The summed E-state index contributed by atoms with van der Waals surface area (Å²) >= 11 is 0. The second kappa shape index (κ2) is 43.7. The molecule has 766 valence electrons. The molecular weight excluding hydrogens is 1810 g/mol. The number of hydrogen-bond acceptors (Lipinski definition) is 43. The molecule has 16 bridgehead atoms. The Morgan fingerprint density at radius 3 is 1.04 bits per heavy atom. The van der Waals surface area contributed by atoms with E-state index >= 15 is 0 Å². The Labute approximate surface area is 780 Å². The summed E-state index contributed by atoms with van der Waals surface area (Å²) in [5.41, 5.74) is 1.81. The number of aliphatic hydroxyl groups excluding tert-OH is 24. The molecule has 44 heteroatoms. The molecule has 4 aromatic rings. The first-order chi connectivity index (χ1) is 65.0. The van der Waals surface area contributed by atoms with Crippen molar-refractivity contribution in [3.05, 3.63) is 60.2 Å². The minimum Gasteiger partial charge on any atom is -0.481 e. The number of carboxylic acids is 1. The zero-order chi connectivity index (χ0) is 97.3. The van der Waals surface area contributed by atoms with Crippen LogP contribution in [0.1, 0.15) is 110 Å². The number of aryl methyl sites for hydroxylation is 1. The van der Waals surface area contributed by atoms with Crippen molar-refractivity contribution in [3.8, 4) is 0 Å². The van der Waals surface area contributed by atoms with Crippen molar-refractivity contribution in [1.29, 1.82) is 0 Å². The van der Waals surface area contributed by atoms with Gasteiger partial charge in [-0.1, -0.05) is 75.4 Å². The molecule has 0 amide bonds. The fourth-order valence-electron chi connectivity index (χ4n) is 24.3. The van der Waals surface area contributed by atoms with Gasteiger partial charge in [-0.2, -0.15) is 0 Å². The number of rotatable bonds is 17. The summed E-state index contributed by atoms with van der Waals surface area (Å²) in [6.07, 6.45) is -70.7. The van der Waals surface area contributed by atoms with Crippen molar-refractivity contribution in [2.24, 2.45) is 46.3 Å². The number of hydrogen-bond donors (Lipinski definition) is 25. The predicted molar refractivity (Wildman–Crippen MR) is 455 cm³/mol. The van der Waals surface area contributed by atoms with Crippen LogP contribution >= 0.6 is 0 Å². The van der Waals surface area contributed by atoms with Crippen LogP contribution in [-0.2, 0) is 96.5 Å². The molecule has 0 radical (unpaired) electrons. The van der Waals surface area contributed by atoms with Crippen LogP contribution < -0.4 is 0 Å². The van der Waals surface area contributed by atoms with Crippen molar-refractivity contribution in [3.63, 3.8) is 0 Å². The molecule has 0 spiro atoms. The van der Waals surface area contributed by atoms with E-state index < -0.39 is 310 Å². The molecule has 136 heavy (non-hydrogen) atoms. The molecule has 4 unspecified atom stereocenters. The summed E-state index contributed by atoms with van der Waals surface area (Å²) in [6.45, 7) is -1.15. The quantitative estimate of drug-likeness (QED) is 0.0345. The third kappa shape index (κ3) is 20.2. The molecular formula is C92H134O44. The van der Waals surface area contributed by atoms with E-state index in [4.69, 9.17) is 85.6 Å². The van der Waals surface area contributed by atoms with Crippen LogP contribution in [0.4, 0.5) is 0 Å². The van der Waals surface area contributed by atoms with Gasteiger partial charge >= 0.3 is 11.9 Å². The van der Waals surface area contributed by atoms with Crippen LogP contribution in [0.3, 0.4) is 0 Å². The molecule has 34 aliphatic rings. The topological polar surface area (TPSA) is 697 Å². The Hall–Kier alpha value is -4.74. The van der Waals surface area contributed by atoms with E-state index in [0.717, 1.165) is 80.8 Å².